The number of carbonyl (C=O) groups excluding carboxylic acids is 1. The molecule has 2 aromatic rings. The predicted octanol–water partition coefficient (Wildman–Crippen LogP) is 0.281. The van der Waals surface area contributed by atoms with Gasteiger partial charge in [0, 0.05) is 37.5 Å². The molecule has 0 saturated carbocycles. The molecule has 24 heavy (non-hydrogen) atoms. The lowest BCUT2D eigenvalue weighted by Gasteiger charge is -2.31. The van der Waals surface area contributed by atoms with E-state index in [2.05, 4.69) is 5.10 Å². The molecule has 8 nitrogen and oxygen atoms in total. The van der Waals surface area contributed by atoms with Crippen LogP contribution < -0.4 is 5.73 Å². The molecule has 1 aromatic heterocycles. The van der Waals surface area contributed by atoms with E-state index in [4.69, 9.17) is 10.5 Å². The van der Waals surface area contributed by atoms with Gasteiger partial charge in [0.05, 0.1) is 23.8 Å². The molecule has 1 aromatic carbocycles. The van der Waals surface area contributed by atoms with Gasteiger partial charge in [-0.05, 0) is 18.2 Å². The van der Waals surface area contributed by atoms with Crippen LogP contribution in [0.15, 0.2) is 41.6 Å². The van der Waals surface area contributed by atoms with Crippen molar-refractivity contribution in [2.45, 2.75) is 11.0 Å². The van der Waals surface area contributed by atoms with Crippen LogP contribution in [0.25, 0.3) is 0 Å². The smallest absolute Gasteiger partial charge is 0.248 e. The number of aromatic nitrogens is 2. The van der Waals surface area contributed by atoms with Crippen LogP contribution in [-0.2, 0) is 21.8 Å². The molecule has 0 bridgehead atoms. The Bertz CT molecular complexity index is 862. The average molecular weight is 350 g/mol. The molecular formula is C15H18N4O4S. The Labute approximate surface area is 139 Å². The average Bonchev–Trinajstić information content (AvgIpc) is 3.01. The number of nitrogens with zero attached hydrogens (tertiary/aromatic N) is 3. The van der Waals surface area contributed by atoms with Gasteiger partial charge in [0.25, 0.3) is 0 Å². The van der Waals surface area contributed by atoms with Crippen LogP contribution in [0, 0.1) is 0 Å². The molecule has 0 spiro atoms. The fourth-order valence-electron chi connectivity index (χ4n) is 2.61. The first-order chi connectivity index (χ1) is 11.4. The molecule has 1 saturated heterocycles. The molecule has 3 rings (SSSR count). The predicted molar refractivity (Wildman–Crippen MR) is 85.6 cm³/mol. The molecule has 2 heterocycles. The van der Waals surface area contributed by atoms with E-state index in [9.17, 15) is 13.2 Å². The zero-order valence-corrected chi connectivity index (χ0v) is 13.9. The first-order valence-corrected chi connectivity index (χ1v) is 8.82. The number of nitrogens with two attached hydrogens (primary N) is 1. The summed E-state index contributed by atoms with van der Waals surface area (Å²) in [5, 5.41) is 4.09. The van der Waals surface area contributed by atoms with E-state index in [0.717, 1.165) is 5.56 Å². The number of aryl methyl sites for hydroxylation is 1. The van der Waals surface area contributed by atoms with Crippen molar-refractivity contribution in [2.24, 2.45) is 12.8 Å². The molecule has 0 radical (unpaired) electrons. The summed E-state index contributed by atoms with van der Waals surface area (Å²) in [5.74, 6) is -0.665. The minimum atomic E-state index is -3.73. The summed E-state index contributed by atoms with van der Waals surface area (Å²) in [6.07, 6.45) is 3.09. The quantitative estimate of drug-likeness (QED) is 0.852. The van der Waals surface area contributed by atoms with Crippen molar-refractivity contribution < 1.29 is 17.9 Å². The van der Waals surface area contributed by atoms with E-state index in [1.54, 1.807) is 24.1 Å². The number of primary amides is 1. The van der Waals surface area contributed by atoms with Crippen LogP contribution in [-0.4, -0.2) is 48.1 Å². The van der Waals surface area contributed by atoms with Crippen molar-refractivity contribution in [1.82, 2.24) is 14.1 Å². The lowest BCUT2D eigenvalue weighted by Crippen LogP contribution is -2.42. The van der Waals surface area contributed by atoms with Crippen molar-refractivity contribution >= 4 is 15.9 Å². The molecule has 1 fully saturated rings. The van der Waals surface area contributed by atoms with Gasteiger partial charge < -0.3 is 10.5 Å². The van der Waals surface area contributed by atoms with Crippen molar-refractivity contribution in [2.75, 3.05) is 19.7 Å². The number of ether oxygens (including phenoxy) is 1. The number of benzene rings is 1. The minimum absolute atomic E-state index is 0.0469. The monoisotopic (exact) mass is 350 g/mol. The number of rotatable bonds is 4. The number of hydrogen-bond donors (Lipinski definition) is 1. The van der Waals surface area contributed by atoms with Crippen molar-refractivity contribution in [3.8, 4) is 0 Å². The van der Waals surface area contributed by atoms with Gasteiger partial charge in [-0.2, -0.15) is 9.40 Å². The summed E-state index contributed by atoms with van der Waals surface area (Å²) < 4.78 is 34.3. The fourth-order valence-corrected chi connectivity index (χ4v) is 4.08. The van der Waals surface area contributed by atoms with E-state index in [1.165, 1.54) is 28.6 Å². The first kappa shape index (κ1) is 16.6. The van der Waals surface area contributed by atoms with E-state index >= 15 is 0 Å². The Morgan fingerprint density at radius 3 is 2.88 bits per heavy atom. The third-order valence-corrected chi connectivity index (χ3v) is 5.74. The highest BCUT2D eigenvalue weighted by atomic mass is 32.2. The van der Waals surface area contributed by atoms with Gasteiger partial charge in [-0.3, -0.25) is 9.48 Å². The largest absolute Gasteiger partial charge is 0.371 e. The van der Waals surface area contributed by atoms with Crippen LogP contribution in [0.1, 0.15) is 22.0 Å². The first-order valence-electron chi connectivity index (χ1n) is 7.38. The second kappa shape index (κ2) is 6.34. The molecule has 1 atom stereocenters. The molecule has 9 heteroatoms. The van der Waals surface area contributed by atoms with Gasteiger partial charge >= 0.3 is 0 Å². The number of hydrogen-bond acceptors (Lipinski definition) is 5. The fraction of sp³-hybridized carbons (Fsp3) is 0.333. The number of morpholine rings is 1. The summed E-state index contributed by atoms with van der Waals surface area (Å²) in [6.45, 7) is 0.725. The molecular weight excluding hydrogens is 332 g/mol. The molecule has 2 N–H and O–H groups in total. The van der Waals surface area contributed by atoms with Gasteiger partial charge in [0.15, 0.2) is 0 Å². The van der Waals surface area contributed by atoms with Crippen LogP contribution >= 0.6 is 0 Å². The standard InChI is InChI=1S/C15H18N4O4S/c1-18-9-12(8-17-18)14-10-19(5-6-23-14)24(21,22)13-4-2-3-11(7-13)15(16)20/h2-4,7-9,14H,5-6,10H2,1H3,(H2,16,20)/t14-/m0/s1. The van der Waals surface area contributed by atoms with E-state index in [-0.39, 0.29) is 36.3 Å². The molecule has 0 unspecified atom stereocenters. The van der Waals surface area contributed by atoms with E-state index < -0.39 is 15.9 Å². The molecule has 0 aliphatic carbocycles. The minimum Gasteiger partial charge on any atom is -0.371 e. The second-order valence-corrected chi connectivity index (χ2v) is 7.50. The third-order valence-electron chi connectivity index (χ3n) is 3.88. The van der Waals surface area contributed by atoms with Crippen LogP contribution in [0.5, 0.6) is 0 Å². The Morgan fingerprint density at radius 1 is 1.42 bits per heavy atom. The zero-order valence-electron chi connectivity index (χ0n) is 13.1. The maximum Gasteiger partial charge on any atom is 0.248 e. The highest BCUT2D eigenvalue weighted by Gasteiger charge is 2.32. The highest BCUT2D eigenvalue weighted by Crippen LogP contribution is 2.26. The van der Waals surface area contributed by atoms with Crippen LogP contribution in [0.3, 0.4) is 0 Å². The summed E-state index contributed by atoms with van der Waals surface area (Å²) in [5.41, 5.74) is 6.21. The van der Waals surface area contributed by atoms with Crippen LogP contribution in [0.4, 0.5) is 0 Å². The topological polar surface area (TPSA) is 108 Å². The SMILES string of the molecule is Cn1cc([C@@H]2CN(S(=O)(=O)c3cccc(C(N)=O)c3)CCO2)cn1. The number of carbonyl (C=O) groups is 1. The van der Waals surface area contributed by atoms with Crippen molar-refractivity contribution in [3.05, 3.63) is 47.8 Å². The summed E-state index contributed by atoms with van der Waals surface area (Å²) in [7, 11) is -1.95. The second-order valence-electron chi connectivity index (χ2n) is 5.56. The van der Waals surface area contributed by atoms with Gasteiger partial charge in [-0.15, -0.1) is 0 Å². The Balaban J connectivity index is 1.86. The maximum absolute atomic E-state index is 12.8. The Morgan fingerprint density at radius 2 is 2.21 bits per heavy atom. The summed E-state index contributed by atoms with van der Waals surface area (Å²) in [4.78, 5) is 11.3. The van der Waals surface area contributed by atoms with E-state index in [0.29, 0.717) is 0 Å². The highest BCUT2D eigenvalue weighted by molar-refractivity contribution is 7.89. The van der Waals surface area contributed by atoms with Crippen molar-refractivity contribution in [3.63, 3.8) is 0 Å². The number of amides is 1. The molecule has 1 aliphatic rings. The lowest BCUT2D eigenvalue weighted by molar-refractivity contribution is -0.00259. The maximum atomic E-state index is 12.8. The molecule has 1 amide bonds. The normalized spacial score (nSPS) is 19.3. The van der Waals surface area contributed by atoms with Crippen LogP contribution in [0.2, 0.25) is 0 Å². The van der Waals surface area contributed by atoms with Gasteiger partial charge in [-0.25, -0.2) is 8.42 Å². The molecule has 128 valence electrons. The van der Waals surface area contributed by atoms with Gasteiger partial charge in [0.1, 0.15) is 0 Å². The number of sulfonamides is 1. The van der Waals surface area contributed by atoms with Gasteiger partial charge in [-0.1, -0.05) is 6.07 Å². The Hall–Kier alpha value is -2.23. The van der Waals surface area contributed by atoms with Gasteiger partial charge in [0.2, 0.25) is 15.9 Å². The molecule has 1 aliphatic heterocycles. The lowest BCUT2D eigenvalue weighted by atomic mass is 10.2. The Kier molecular flexibility index (Phi) is 4.39. The third kappa shape index (κ3) is 3.18. The van der Waals surface area contributed by atoms with Crippen molar-refractivity contribution in [1.29, 1.82) is 0 Å². The summed E-state index contributed by atoms with van der Waals surface area (Å²) >= 11 is 0. The zero-order chi connectivity index (χ0) is 17.3. The summed E-state index contributed by atoms with van der Waals surface area (Å²) in [6, 6.07) is 5.74. The van der Waals surface area contributed by atoms with E-state index in [1.807, 2.05) is 0 Å².